The van der Waals surface area contributed by atoms with E-state index < -0.39 is 5.97 Å². The molecular weight excluding hydrogens is 220 g/mol. The van der Waals surface area contributed by atoms with E-state index in [1.165, 1.54) is 0 Å². The van der Waals surface area contributed by atoms with Crippen molar-refractivity contribution < 1.29 is 14.6 Å². The summed E-state index contributed by atoms with van der Waals surface area (Å²) in [4.78, 5) is 17.3. The lowest BCUT2D eigenvalue weighted by molar-refractivity contribution is 0.0697. The van der Waals surface area contributed by atoms with Crippen molar-refractivity contribution in [3.05, 3.63) is 23.4 Å². The third-order valence-electron chi connectivity index (χ3n) is 2.49. The van der Waals surface area contributed by atoms with Gasteiger partial charge in [-0.2, -0.15) is 0 Å². The Bertz CT molecular complexity index is 393. The quantitative estimate of drug-likeness (QED) is 0.814. The number of likely N-dealkylation sites (N-methyl/N-ethyl adjacent to an activating group) is 1. The second-order valence-electron chi connectivity index (χ2n) is 3.70. The van der Waals surface area contributed by atoms with Crippen LogP contribution in [0.25, 0.3) is 0 Å². The average molecular weight is 238 g/mol. The molecule has 1 aromatic rings. The molecule has 0 bridgehead atoms. The van der Waals surface area contributed by atoms with E-state index in [-0.39, 0.29) is 5.56 Å². The van der Waals surface area contributed by atoms with Crippen molar-refractivity contribution in [3.63, 3.8) is 0 Å². The minimum atomic E-state index is -0.955. The SMILES string of the molecule is CCN(CCOC)c1nc(C)ccc1C(=O)O. The van der Waals surface area contributed by atoms with Gasteiger partial charge in [-0.3, -0.25) is 0 Å². The number of nitrogens with zero attached hydrogens (tertiary/aromatic N) is 2. The van der Waals surface area contributed by atoms with Crippen molar-refractivity contribution in [1.29, 1.82) is 0 Å². The summed E-state index contributed by atoms with van der Waals surface area (Å²) in [5, 5.41) is 9.13. The van der Waals surface area contributed by atoms with Gasteiger partial charge in [0.1, 0.15) is 11.4 Å². The summed E-state index contributed by atoms with van der Waals surface area (Å²) in [5.41, 5.74) is 1.04. The minimum Gasteiger partial charge on any atom is -0.478 e. The number of rotatable bonds is 6. The fourth-order valence-corrected chi connectivity index (χ4v) is 1.57. The van der Waals surface area contributed by atoms with Gasteiger partial charge in [-0.1, -0.05) is 0 Å². The molecule has 0 amide bonds. The van der Waals surface area contributed by atoms with Crippen LogP contribution in [0.5, 0.6) is 0 Å². The Balaban J connectivity index is 3.06. The van der Waals surface area contributed by atoms with E-state index in [1.807, 2.05) is 18.7 Å². The fraction of sp³-hybridized carbons (Fsp3) is 0.500. The van der Waals surface area contributed by atoms with Crippen LogP contribution in [0.3, 0.4) is 0 Å². The Kier molecular flexibility index (Phi) is 4.90. The van der Waals surface area contributed by atoms with Gasteiger partial charge in [0, 0.05) is 25.9 Å². The summed E-state index contributed by atoms with van der Waals surface area (Å²) in [5.74, 6) is -0.444. The predicted molar refractivity (Wildman–Crippen MR) is 65.7 cm³/mol. The molecule has 5 heteroatoms. The van der Waals surface area contributed by atoms with Crippen molar-refractivity contribution in [2.75, 3.05) is 31.7 Å². The highest BCUT2D eigenvalue weighted by molar-refractivity contribution is 5.93. The molecule has 1 N–H and O–H groups in total. The monoisotopic (exact) mass is 238 g/mol. The standard InChI is InChI=1S/C12H18N2O3/c1-4-14(7-8-17-3)11-10(12(15)16)6-5-9(2)13-11/h5-6H,4,7-8H2,1-3H3,(H,15,16). The maximum absolute atomic E-state index is 11.1. The normalized spacial score (nSPS) is 10.3. The number of carboxylic acid groups (broad SMARTS) is 1. The summed E-state index contributed by atoms with van der Waals surface area (Å²) in [6, 6.07) is 3.30. The Hall–Kier alpha value is -1.62. The molecule has 0 aliphatic heterocycles. The van der Waals surface area contributed by atoms with Gasteiger partial charge in [0.2, 0.25) is 0 Å². The minimum absolute atomic E-state index is 0.230. The summed E-state index contributed by atoms with van der Waals surface area (Å²) < 4.78 is 5.01. The molecule has 0 aliphatic carbocycles. The molecule has 1 rings (SSSR count). The molecular formula is C12H18N2O3. The lowest BCUT2D eigenvalue weighted by atomic mass is 10.2. The van der Waals surface area contributed by atoms with Crippen LogP contribution in [0.4, 0.5) is 5.82 Å². The first kappa shape index (κ1) is 13.4. The summed E-state index contributed by atoms with van der Waals surface area (Å²) in [6.07, 6.45) is 0. The van der Waals surface area contributed by atoms with Gasteiger partial charge < -0.3 is 14.7 Å². The van der Waals surface area contributed by atoms with E-state index in [4.69, 9.17) is 9.84 Å². The second kappa shape index (κ2) is 6.20. The van der Waals surface area contributed by atoms with Crippen LogP contribution in [-0.4, -0.2) is 42.9 Å². The molecule has 5 nitrogen and oxygen atoms in total. The molecule has 0 spiro atoms. The molecule has 0 unspecified atom stereocenters. The number of aromatic nitrogens is 1. The summed E-state index contributed by atoms with van der Waals surface area (Å²) in [7, 11) is 1.62. The number of aromatic carboxylic acids is 1. The third kappa shape index (κ3) is 3.42. The number of ether oxygens (including phenoxy) is 1. The number of pyridine rings is 1. The van der Waals surface area contributed by atoms with Crippen molar-refractivity contribution in [2.45, 2.75) is 13.8 Å². The van der Waals surface area contributed by atoms with Crippen LogP contribution in [0.2, 0.25) is 0 Å². The summed E-state index contributed by atoms with van der Waals surface area (Å²) >= 11 is 0. The Morgan fingerprint density at radius 1 is 1.53 bits per heavy atom. The maximum Gasteiger partial charge on any atom is 0.339 e. The lowest BCUT2D eigenvalue weighted by Gasteiger charge is -2.23. The van der Waals surface area contributed by atoms with Gasteiger partial charge in [-0.25, -0.2) is 9.78 Å². The van der Waals surface area contributed by atoms with E-state index in [1.54, 1.807) is 19.2 Å². The van der Waals surface area contributed by atoms with Crippen LogP contribution in [-0.2, 0) is 4.74 Å². The van der Waals surface area contributed by atoms with Crippen LogP contribution in [0.1, 0.15) is 23.0 Å². The molecule has 1 aromatic heterocycles. The van der Waals surface area contributed by atoms with Crippen molar-refractivity contribution in [1.82, 2.24) is 4.98 Å². The molecule has 0 atom stereocenters. The zero-order valence-corrected chi connectivity index (χ0v) is 10.4. The highest BCUT2D eigenvalue weighted by Crippen LogP contribution is 2.18. The highest BCUT2D eigenvalue weighted by Gasteiger charge is 2.16. The molecule has 1 heterocycles. The van der Waals surface area contributed by atoms with Crippen LogP contribution in [0, 0.1) is 6.92 Å². The highest BCUT2D eigenvalue weighted by atomic mass is 16.5. The van der Waals surface area contributed by atoms with Gasteiger partial charge in [0.15, 0.2) is 0 Å². The zero-order chi connectivity index (χ0) is 12.8. The number of hydrogen-bond acceptors (Lipinski definition) is 4. The maximum atomic E-state index is 11.1. The topological polar surface area (TPSA) is 62.7 Å². The zero-order valence-electron chi connectivity index (χ0n) is 10.4. The molecule has 0 saturated heterocycles. The van der Waals surface area contributed by atoms with Gasteiger partial charge in [-0.05, 0) is 26.0 Å². The van der Waals surface area contributed by atoms with E-state index in [0.29, 0.717) is 25.5 Å². The smallest absolute Gasteiger partial charge is 0.339 e. The van der Waals surface area contributed by atoms with Crippen LogP contribution < -0.4 is 4.90 Å². The van der Waals surface area contributed by atoms with Gasteiger partial charge >= 0.3 is 5.97 Å². The molecule has 0 aromatic carbocycles. The largest absolute Gasteiger partial charge is 0.478 e. The Morgan fingerprint density at radius 2 is 2.24 bits per heavy atom. The molecule has 0 fully saturated rings. The lowest BCUT2D eigenvalue weighted by Crippen LogP contribution is -2.29. The third-order valence-corrected chi connectivity index (χ3v) is 2.49. The fourth-order valence-electron chi connectivity index (χ4n) is 1.57. The predicted octanol–water partition coefficient (Wildman–Crippen LogP) is 1.56. The molecule has 0 radical (unpaired) electrons. The van der Waals surface area contributed by atoms with Gasteiger partial charge in [-0.15, -0.1) is 0 Å². The van der Waals surface area contributed by atoms with Crippen molar-refractivity contribution in [2.24, 2.45) is 0 Å². The Labute approximate surface area is 101 Å². The first-order valence-corrected chi connectivity index (χ1v) is 5.55. The van der Waals surface area contributed by atoms with Crippen molar-refractivity contribution in [3.8, 4) is 0 Å². The molecule has 0 aliphatic rings. The van der Waals surface area contributed by atoms with Crippen molar-refractivity contribution >= 4 is 11.8 Å². The number of carboxylic acids is 1. The van der Waals surface area contributed by atoms with Crippen LogP contribution in [0.15, 0.2) is 12.1 Å². The van der Waals surface area contributed by atoms with E-state index in [2.05, 4.69) is 4.98 Å². The van der Waals surface area contributed by atoms with Crippen LogP contribution >= 0.6 is 0 Å². The second-order valence-corrected chi connectivity index (χ2v) is 3.70. The number of anilines is 1. The molecule has 94 valence electrons. The van der Waals surface area contributed by atoms with Gasteiger partial charge in [0.05, 0.1) is 6.61 Å². The first-order valence-electron chi connectivity index (χ1n) is 5.55. The molecule has 0 saturated carbocycles. The van der Waals surface area contributed by atoms with E-state index >= 15 is 0 Å². The Morgan fingerprint density at radius 3 is 2.76 bits per heavy atom. The average Bonchev–Trinajstić information content (AvgIpc) is 2.29. The first-order chi connectivity index (χ1) is 8.10. The molecule has 17 heavy (non-hydrogen) atoms. The van der Waals surface area contributed by atoms with Gasteiger partial charge in [0.25, 0.3) is 0 Å². The number of aryl methyl sites for hydroxylation is 1. The van der Waals surface area contributed by atoms with E-state index in [9.17, 15) is 4.79 Å². The summed E-state index contributed by atoms with van der Waals surface area (Å²) in [6.45, 7) is 5.68. The number of hydrogen-bond donors (Lipinski definition) is 1. The number of carbonyl (C=O) groups is 1. The van der Waals surface area contributed by atoms with E-state index in [0.717, 1.165) is 5.69 Å². The number of methoxy groups -OCH3 is 1.